The Morgan fingerprint density at radius 1 is 1.41 bits per heavy atom. The molecule has 0 fully saturated rings. The molecule has 17 heavy (non-hydrogen) atoms. The van der Waals surface area contributed by atoms with Crippen LogP contribution in [0.1, 0.15) is 31.9 Å². The van der Waals surface area contributed by atoms with Crippen LogP contribution in [0.15, 0.2) is 16.0 Å². The number of H-pyrrole nitrogens is 1. The lowest BCUT2D eigenvalue weighted by Gasteiger charge is -1.95. The molecular formula is C11H16N4OS. The number of unbranched alkanes of at least 4 members (excludes halogenated alkanes) is 2. The minimum absolute atomic E-state index is 0.111. The minimum Gasteiger partial charge on any atom is -0.267 e. The number of rotatable bonds is 5. The molecule has 0 amide bonds. The number of hydrogen-bond acceptors (Lipinski definition) is 4. The molecule has 92 valence electrons. The van der Waals surface area contributed by atoms with E-state index in [1.807, 2.05) is 0 Å². The van der Waals surface area contributed by atoms with Gasteiger partial charge in [0.05, 0.1) is 0 Å². The number of aromatic nitrogens is 4. The first-order valence-electron chi connectivity index (χ1n) is 5.80. The highest BCUT2D eigenvalue weighted by Gasteiger charge is 2.06. The van der Waals surface area contributed by atoms with E-state index in [1.165, 1.54) is 29.8 Å². The average molecular weight is 252 g/mol. The van der Waals surface area contributed by atoms with Gasteiger partial charge in [0.1, 0.15) is 0 Å². The Morgan fingerprint density at radius 2 is 2.24 bits per heavy atom. The Hall–Kier alpha value is -1.30. The molecule has 2 rings (SSSR count). The van der Waals surface area contributed by atoms with Crippen molar-refractivity contribution in [1.82, 2.24) is 19.6 Å². The number of fused-ring (bicyclic) bond motifs is 1. The predicted molar refractivity (Wildman–Crippen MR) is 68.6 cm³/mol. The maximum atomic E-state index is 11.6. The molecular weight excluding hydrogens is 236 g/mol. The predicted octanol–water partition coefficient (Wildman–Crippen LogP) is 2.01. The van der Waals surface area contributed by atoms with Crippen LogP contribution in [-0.2, 0) is 0 Å². The molecule has 2 aromatic heterocycles. The van der Waals surface area contributed by atoms with E-state index in [-0.39, 0.29) is 5.56 Å². The molecule has 0 unspecified atom stereocenters. The van der Waals surface area contributed by atoms with Gasteiger partial charge in [0, 0.05) is 17.5 Å². The van der Waals surface area contributed by atoms with Gasteiger partial charge in [0.25, 0.3) is 11.3 Å². The molecule has 0 aliphatic heterocycles. The summed E-state index contributed by atoms with van der Waals surface area (Å²) in [6, 6.07) is 1.50. The van der Waals surface area contributed by atoms with Crippen LogP contribution in [0.4, 0.5) is 0 Å². The zero-order valence-electron chi connectivity index (χ0n) is 10.1. The summed E-state index contributed by atoms with van der Waals surface area (Å²) in [5, 5.41) is 3.72. The zero-order chi connectivity index (χ0) is 12.3. The summed E-state index contributed by atoms with van der Waals surface area (Å²) in [6.45, 7) is 3.97. The second kappa shape index (κ2) is 5.35. The van der Waals surface area contributed by atoms with Gasteiger partial charge < -0.3 is 0 Å². The van der Waals surface area contributed by atoms with Gasteiger partial charge in [-0.2, -0.15) is 9.50 Å². The van der Waals surface area contributed by atoms with Gasteiger partial charge in [0.15, 0.2) is 5.16 Å². The van der Waals surface area contributed by atoms with Crippen molar-refractivity contribution >= 4 is 17.5 Å². The van der Waals surface area contributed by atoms with Crippen LogP contribution in [0.25, 0.3) is 5.78 Å². The molecule has 0 saturated carbocycles. The number of aromatic amines is 1. The smallest absolute Gasteiger partial charge is 0.267 e. The van der Waals surface area contributed by atoms with Crippen LogP contribution in [-0.4, -0.2) is 25.3 Å². The molecule has 0 saturated heterocycles. The summed E-state index contributed by atoms with van der Waals surface area (Å²) in [7, 11) is 0. The molecule has 1 N–H and O–H groups in total. The lowest BCUT2D eigenvalue weighted by molar-refractivity contribution is 0.776. The third-order valence-electron chi connectivity index (χ3n) is 2.42. The molecule has 0 aliphatic carbocycles. The first-order valence-corrected chi connectivity index (χ1v) is 6.78. The van der Waals surface area contributed by atoms with Crippen molar-refractivity contribution in [2.45, 2.75) is 38.3 Å². The van der Waals surface area contributed by atoms with E-state index in [0.29, 0.717) is 11.5 Å². The quantitative estimate of drug-likeness (QED) is 0.653. The van der Waals surface area contributed by atoms with Gasteiger partial charge in [-0.25, -0.2) is 4.98 Å². The molecule has 0 aromatic carbocycles. The van der Waals surface area contributed by atoms with Gasteiger partial charge >= 0.3 is 0 Å². The van der Waals surface area contributed by atoms with E-state index in [9.17, 15) is 4.79 Å². The lowest BCUT2D eigenvalue weighted by Crippen LogP contribution is -2.14. The monoisotopic (exact) mass is 252 g/mol. The Bertz CT molecular complexity index is 560. The van der Waals surface area contributed by atoms with Gasteiger partial charge in [-0.3, -0.25) is 9.89 Å². The van der Waals surface area contributed by atoms with E-state index in [4.69, 9.17) is 0 Å². The Morgan fingerprint density at radius 3 is 3.00 bits per heavy atom. The van der Waals surface area contributed by atoms with Crippen molar-refractivity contribution in [2.75, 3.05) is 5.75 Å². The molecule has 0 aliphatic rings. The van der Waals surface area contributed by atoms with Crippen LogP contribution in [0.5, 0.6) is 0 Å². The van der Waals surface area contributed by atoms with E-state index in [1.54, 1.807) is 18.7 Å². The first-order chi connectivity index (χ1) is 8.20. The fourth-order valence-electron chi connectivity index (χ4n) is 1.56. The molecule has 0 bridgehead atoms. The third-order valence-corrected chi connectivity index (χ3v) is 3.37. The number of nitrogens with one attached hydrogen (secondary N) is 1. The van der Waals surface area contributed by atoms with Gasteiger partial charge in [-0.05, 0) is 13.3 Å². The second-order valence-electron chi connectivity index (χ2n) is 3.96. The normalized spacial score (nSPS) is 11.2. The summed E-state index contributed by atoms with van der Waals surface area (Å²) in [6.07, 6.45) is 3.60. The Balaban J connectivity index is 2.15. The highest BCUT2D eigenvalue weighted by molar-refractivity contribution is 7.99. The molecule has 0 spiro atoms. The zero-order valence-corrected chi connectivity index (χ0v) is 10.9. The van der Waals surface area contributed by atoms with Crippen molar-refractivity contribution < 1.29 is 0 Å². The second-order valence-corrected chi connectivity index (χ2v) is 5.04. The van der Waals surface area contributed by atoms with Crippen molar-refractivity contribution in [2.24, 2.45) is 0 Å². The van der Waals surface area contributed by atoms with Gasteiger partial charge in [-0.15, -0.1) is 0 Å². The number of thioether (sulfide) groups is 1. The van der Waals surface area contributed by atoms with Crippen LogP contribution < -0.4 is 5.56 Å². The molecule has 0 atom stereocenters. The molecule has 6 heteroatoms. The molecule has 2 aromatic rings. The Kier molecular flexibility index (Phi) is 3.83. The minimum atomic E-state index is -0.111. The topological polar surface area (TPSA) is 63.1 Å². The van der Waals surface area contributed by atoms with Crippen molar-refractivity contribution in [1.29, 1.82) is 0 Å². The fraction of sp³-hybridized carbons (Fsp3) is 0.545. The van der Waals surface area contributed by atoms with Crippen LogP contribution in [0, 0.1) is 6.92 Å². The summed E-state index contributed by atoms with van der Waals surface area (Å²) in [5.41, 5.74) is 0.587. The highest BCUT2D eigenvalue weighted by atomic mass is 32.2. The fourth-order valence-corrected chi connectivity index (χ4v) is 2.40. The largest absolute Gasteiger partial charge is 0.274 e. The molecule has 2 heterocycles. The van der Waals surface area contributed by atoms with Crippen molar-refractivity contribution in [3.63, 3.8) is 0 Å². The standard InChI is InChI=1S/C11H16N4OS/c1-3-4-5-6-17-11-13-10-12-8(2)7-9(16)15(10)14-11/h7H,3-6H2,1-2H3,(H,12,13,14). The van der Waals surface area contributed by atoms with Crippen LogP contribution >= 0.6 is 11.8 Å². The molecule has 5 nitrogen and oxygen atoms in total. The first kappa shape index (κ1) is 12.2. The van der Waals surface area contributed by atoms with E-state index in [0.717, 1.165) is 10.9 Å². The number of aryl methyl sites for hydroxylation is 1. The third kappa shape index (κ3) is 2.88. The van der Waals surface area contributed by atoms with Crippen LogP contribution in [0.3, 0.4) is 0 Å². The molecule has 0 radical (unpaired) electrons. The summed E-state index contributed by atoms with van der Waals surface area (Å²) in [5.74, 6) is 1.47. The summed E-state index contributed by atoms with van der Waals surface area (Å²) < 4.78 is 1.38. The van der Waals surface area contributed by atoms with Crippen LogP contribution in [0.2, 0.25) is 0 Å². The van der Waals surface area contributed by atoms with E-state index >= 15 is 0 Å². The van der Waals surface area contributed by atoms with Crippen molar-refractivity contribution in [3.8, 4) is 0 Å². The Labute approximate surface area is 104 Å². The highest BCUT2D eigenvalue weighted by Crippen LogP contribution is 2.15. The maximum absolute atomic E-state index is 11.6. The number of nitrogens with zero attached hydrogens (tertiary/aromatic N) is 3. The lowest BCUT2D eigenvalue weighted by atomic mass is 10.3. The van der Waals surface area contributed by atoms with Gasteiger partial charge in [0.2, 0.25) is 0 Å². The average Bonchev–Trinajstić information content (AvgIpc) is 2.67. The van der Waals surface area contributed by atoms with Gasteiger partial charge in [-0.1, -0.05) is 31.5 Å². The van der Waals surface area contributed by atoms with Crippen molar-refractivity contribution in [3.05, 3.63) is 22.1 Å². The van der Waals surface area contributed by atoms with E-state index in [2.05, 4.69) is 22.0 Å². The SMILES string of the molecule is CCCCCSc1nc2nc(C)cc(=O)n2[nH]1. The number of hydrogen-bond donors (Lipinski definition) is 1. The maximum Gasteiger partial charge on any atom is 0.274 e. The van der Waals surface area contributed by atoms with E-state index < -0.39 is 0 Å². The summed E-state index contributed by atoms with van der Waals surface area (Å²) in [4.78, 5) is 20.1. The summed E-state index contributed by atoms with van der Waals surface area (Å²) >= 11 is 1.63.